The van der Waals surface area contributed by atoms with Crippen LogP contribution in [0.3, 0.4) is 0 Å². The molecule has 0 unspecified atom stereocenters. The van der Waals surface area contributed by atoms with Gasteiger partial charge in [-0.3, -0.25) is 24.1 Å². The third-order valence-electron chi connectivity index (χ3n) is 6.30. The molecule has 0 spiro atoms. The van der Waals surface area contributed by atoms with Crippen molar-refractivity contribution in [2.75, 3.05) is 13.1 Å². The number of hydrogen-bond acceptors (Lipinski definition) is 4. The van der Waals surface area contributed by atoms with Gasteiger partial charge in [-0.2, -0.15) is 0 Å². The van der Waals surface area contributed by atoms with Crippen LogP contribution < -0.4 is 5.32 Å². The molecular formula is C25H32FN3O4. The summed E-state index contributed by atoms with van der Waals surface area (Å²) in [6.45, 7) is 5.85. The zero-order valence-corrected chi connectivity index (χ0v) is 19.4. The first-order valence-electron chi connectivity index (χ1n) is 11.5. The van der Waals surface area contributed by atoms with Crippen molar-refractivity contribution in [3.05, 3.63) is 47.8 Å². The van der Waals surface area contributed by atoms with E-state index in [4.69, 9.17) is 0 Å². The standard InChI is InChI=1S/C25H32FN3O4/c1-16(2)14-27-23(31)17(3)29(15-18-8-4-7-11-21(18)26)22(30)12-13-28-24(32)19-9-5-6-10-20(19)25(28)33/h4-8,11,16-17,19-20H,9-10,12-15H2,1-3H3,(H,27,31)/t17-,19-,20+/m1/s1. The van der Waals surface area contributed by atoms with Gasteiger partial charge < -0.3 is 10.2 Å². The Balaban J connectivity index is 1.71. The predicted octanol–water partition coefficient (Wildman–Crippen LogP) is 2.66. The van der Waals surface area contributed by atoms with Gasteiger partial charge in [0.1, 0.15) is 11.9 Å². The third kappa shape index (κ3) is 5.67. The summed E-state index contributed by atoms with van der Waals surface area (Å²) in [6.07, 6.45) is 4.77. The van der Waals surface area contributed by atoms with Crippen molar-refractivity contribution < 1.29 is 23.6 Å². The Kier molecular flexibility index (Phi) is 8.00. The van der Waals surface area contributed by atoms with Crippen LogP contribution in [-0.4, -0.2) is 52.6 Å². The number of rotatable bonds is 9. The molecule has 0 saturated carbocycles. The number of benzene rings is 1. The quantitative estimate of drug-likeness (QED) is 0.456. The van der Waals surface area contributed by atoms with Crippen molar-refractivity contribution in [3.8, 4) is 0 Å². The van der Waals surface area contributed by atoms with Crippen LogP contribution in [0.4, 0.5) is 4.39 Å². The molecule has 8 heteroatoms. The van der Waals surface area contributed by atoms with E-state index in [9.17, 15) is 23.6 Å². The normalized spacial score (nSPS) is 20.7. The summed E-state index contributed by atoms with van der Waals surface area (Å²) in [5.74, 6) is -2.18. The molecule has 1 aliphatic carbocycles. The molecular weight excluding hydrogens is 425 g/mol. The van der Waals surface area contributed by atoms with Crippen molar-refractivity contribution in [3.63, 3.8) is 0 Å². The van der Waals surface area contributed by atoms with Gasteiger partial charge in [0.2, 0.25) is 23.6 Å². The zero-order valence-electron chi connectivity index (χ0n) is 19.4. The molecule has 3 rings (SSSR count). The fourth-order valence-corrected chi connectivity index (χ4v) is 4.29. The van der Waals surface area contributed by atoms with Gasteiger partial charge >= 0.3 is 0 Å². The fraction of sp³-hybridized carbons (Fsp3) is 0.520. The summed E-state index contributed by atoms with van der Waals surface area (Å²) < 4.78 is 14.3. The molecule has 33 heavy (non-hydrogen) atoms. The number of amides is 4. The van der Waals surface area contributed by atoms with Crippen molar-refractivity contribution in [1.82, 2.24) is 15.1 Å². The topological polar surface area (TPSA) is 86.8 Å². The molecule has 1 N–H and O–H groups in total. The Labute approximate surface area is 194 Å². The minimum Gasteiger partial charge on any atom is -0.354 e. The van der Waals surface area contributed by atoms with E-state index in [1.165, 1.54) is 15.9 Å². The first-order valence-corrected chi connectivity index (χ1v) is 11.5. The second-order valence-corrected chi connectivity index (χ2v) is 9.16. The van der Waals surface area contributed by atoms with Gasteiger partial charge in [-0.05, 0) is 31.7 Å². The molecule has 0 bridgehead atoms. The van der Waals surface area contributed by atoms with Crippen molar-refractivity contribution in [2.24, 2.45) is 17.8 Å². The third-order valence-corrected chi connectivity index (χ3v) is 6.30. The van der Waals surface area contributed by atoms with E-state index in [2.05, 4.69) is 5.32 Å². The number of likely N-dealkylation sites (tertiary alicyclic amines) is 1. The number of halogens is 1. The molecule has 7 nitrogen and oxygen atoms in total. The second kappa shape index (κ2) is 10.7. The molecule has 0 radical (unpaired) electrons. The van der Waals surface area contributed by atoms with Crippen LogP contribution in [0.15, 0.2) is 36.4 Å². The van der Waals surface area contributed by atoms with E-state index in [1.54, 1.807) is 25.1 Å². The van der Waals surface area contributed by atoms with Gasteiger partial charge in [0.05, 0.1) is 11.8 Å². The molecule has 1 aromatic carbocycles. The zero-order chi connectivity index (χ0) is 24.1. The van der Waals surface area contributed by atoms with Gasteiger partial charge in [0, 0.05) is 31.6 Å². The Bertz CT molecular complexity index is 919. The van der Waals surface area contributed by atoms with Gasteiger partial charge in [0.15, 0.2) is 0 Å². The minimum atomic E-state index is -0.840. The van der Waals surface area contributed by atoms with Gasteiger partial charge in [0.25, 0.3) is 0 Å². The van der Waals surface area contributed by atoms with Crippen LogP contribution in [0, 0.1) is 23.6 Å². The largest absolute Gasteiger partial charge is 0.354 e. The van der Waals surface area contributed by atoms with Crippen LogP contribution in [0.25, 0.3) is 0 Å². The fourth-order valence-electron chi connectivity index (χ4n) is 4.29. The predicted molar refractivity (Wildman–Crippen MR) is 121 cm³/mol. The summed E-state index contributed by atoms with van der Waals surface area (Å²) in [7, 11) is 0. The Morgan fingerprint density at radius 2 is 1.70 bits per heavy atom. The van der Waals surface area contributed by atoms with Gasteiger partial charge in [-0.15, -0.1) is 0 Å². The van der Waals surface area contributed by atoms with E-state index in [0.717, 1.165) is 0 Å². The maximum Gasteiger partial charge on any atom is 0.242 e. The maximum absolute atomic E-state index is 14.3. The van der Waals surface area contributed by atoms with Gasteiger partial charge in [-0.25, -0.2) is 4.39 Å². The van der Waals surface area contributed by atoms with E-state index >= 15 is 0 Å². The summed E-state index contributed by atoms with van der Waals surface area (Å²) in [4.78, 5) is 53.7. The lowest BCUT2D eigenvalue weighted by Gasteiger charge is -2.29. The lowest BCUT2D eigenvalue weighted by molar-refractivity contribution is -0.143. The first-order chi connectivity index (χ1) is 15.7. The summed E-state index contributed by atoms with van der Waals surface area (Å²) in [5, 5.41) is 2.81. The number of nitrogens with zero attached hydrogens (tertiary/aromatic N) is 2. The van der Waals surface area contributed by atoms with E-state index < -0.39 is 17.8 Å². The number of carbonyl (C=O) groups is 4. The molecule has 3 atom stereocenters. The molecule has 1 fully saturated rings. The first kappa shape index (κ1) is 24.6. The summed E-state index contributed by atoms with van der Waals surface area (Å²) in [5.41, 5.74) is 0.291. The molecule has 4 amide bonds. The molecule has 0 aromatic heterocycles. The summed E-state index contributed by atoms with van der Waals surface area (Å²) >= 11 is 0. The Hall–Kier alpha value is -3.03. The highest BCUT2D eigenvalue weighted by atomic mass is 19.1. The van der Waals surface area contributed by atoms with E-state index in [0.29, 0.717) is 24.9 Å². The van der Waals surface area contributed by atoms with E-state index in [1.807, 2.05) is 26.0 Å². The Morgan fingerprint density at radius 1 is 1.09 bits per heavy atom. The number of nitrogens with one attached hydrogen (secondary N) is 1. The molecule has 178 valence electrons. The average Bonchev–Trinajstić information content (AvgIpc) is 3.04. The highest BCUT2D eigenvalue weighted by Crippen LogP contribution is 2.35. The smallest absolute Gasteiger partial charge is 0.242 e. The molecule has 1 aromatic rings. The lowest BCUT2D eigenvalue weighted by atomic mass is 9.85. The second-order valence-electron chi connectivity index (χ2n) is 9.16. The molecule has 1 aliphatic heterocycles. The molecule has 1 saturated heterocycles. The monoisotopic (exact) mass is 457 g/mol. The lowest BCUT2D eigenvalue weighted by Crippen LogP contribution is -2.49. The van der Waals surface area contributed by atoms with Crippen LogP contribution in [0.5, 0.6) is 0 Å². The number of hydrogen-bond donors (Lipinski definition) is 1. The summed E-state index contributed by atoms with van der Waals surface area (Å²) in [6, 6.07) is 5.26. The Morgan fingerprint density at radius 3 is 2.27 bits per heavy atom. The molecule has 1 heterocycles. The van der Waals surface area contributed by atoms with Crippen LogP contribution in [0.2, 0.25) is 0 Å². The van der Waals surface area contributed by atoms with Gasteiger partial charge in [-0.1, -0.05) is 44.2 Å². The average molecular weight is 458 g/mol. The number of carbonyl (C=O) groups excluding carboxylic acids is 4. The number of allylic oxidation sites excluding steroid dienone is 2. The van der Waals surface area contributed by atoms with Crippen molar-refractivity contribution in [2.45, 2.75) is 52.6 Å². The highest BCUT2D eigenvalue weighted by molar-refractivity contribution is 6.05. The van der Waals surface area contributed by atoms with Crippen LogP contribution >= 0.6 is 0 Å². The molecule has 2 aliphatic rings. The number of fused-ring (bicyclic) bond motifs is 1. The maximum atomic E-state index is 14.3. The SMILES string of the molecule is CC(C)CNC(=O)[C@@H](C)N(Cc1ccccc1F)C(=O)CCN1C(=O)[C@H]2CC=CC[C@H]2C1=O. The van der Waals surface area contributed by atoms with Crippen molar-refractivity contribution >= 4 is 23.6 Å². The minimum absolute atomic E-state index is 0.0440. The van der Waals surface area contributed by atoms with E-state index in [-0.39, 0.29) is 55.0 Å². The highest BCUT2D eigenvalue weighted by Gasteiger charge is 2.47. The van der Waals surface area contributed by atoms with Crippen molar-refractivity contribution in [1.29, 1.82) is 0 Å². The van der Waals surface area contributed by atoms with Crippen LogP contribution in [0.1, 0.15) is 45.6 Å². The number of imide groups is 1. The van der Waals surface area contributed by atoms with Crippen LogP contribution in [-0.2, 0) is 25.7 Å².